The summed E-state index contributed by atoms with van der Waals surface area (Å²) in [5.74, 6) is -0.106. The lowest BCUT2D eigenvalue weighted by Crippen LogP contribution is -2.19. The van der Waals surface area contributed by atoms with Crippen molar-refractivity contribution in [3.63, 3.8) is 0 Å². The predicted octanol–water partition coefficient (Wildman–Crippen LogP) is 4.17. The molecule has 0 saturated heterocycles. The van der Waals surface area contributed by atoms with Crippen LogP contribution in [0.2, 0.25) is 0 Å². The van der Waals surface area contributed by atoms with Gasteiger partial charge in [0.2, 0.25) is 0 Å². The minimum absolute atomic E-state index is 0.0766. The van der Waals surface area contributed by atoms with Crippen LogP contribution in [0.1, 0.15) is 21.5 Å². The average Bonchev–Trinajstić information content (AvgIpc) is 2.45. The third kappa shape index (κ3) is 4.34. The van der Waals surface area contributed by atoms with Gasteiger partial charge in [0.05, 0.1) is 0 Å². The van der Waals surface area contributed by atoms with E-state index in [1.807, 2.05) is 19.1 Å². The molecule has 0 N–H and O–H groups in total. The SMILES string of the molecule is Cc1ccc(C(=O)c2ccc(OCC(F)(F)F)cc2)cc1. The molecule has 2 nitrogen and oxygen atoms in total. The van der Waals surface area contributed by atoms with Gasteiger partial charge in [-0.15, -0.1) is 0 Å². The molecule has 0 aliphatic rings. The van der Waals surface area contributed by atoms with E-state index in [9.17, 15) is 18.0 Å². The van der Waals surface area contributed by atoms with E-state index in [0.717, 1.165) is 5.56 Å². The Morgan fingerprint density at radius 3 is 1.90 bits per heavy atom. The molecule has 2 aromatic rings. The van der Waals surface area contributed by atoms with Crippen LogP contribution in [0, 0.1) is 6.92 Å². The first-order valence-electron chi connectivity index (χ1n) is 6.26. The Kier molecular flexibility index (Phi) is 4.31. The smallest absolute Gasteiger partial charge is 0.422 e. The highest BCUT2D eigenvalue weighted by Crippen LogP contribution is 2.20. The molecule has 0 saturated carbocycles. The number of carbonyl (C=O) groups excluding carboxylic acids is 1. The van der Waals surface area contributed by atoms with Crippen LogP contribution in [0.3, 0.4) is 0 Å². The first-order valence-corrected chi connectivity index (χ1v) is 6.26. The lowest BCUT2D eigenvalue weighted by molar-refractivity contribution is -0.153. The molecule has 0 unspecified atom stereocenters. The average molecular weight is 294 g/mol. The number of carbonyl (C=O) groups is 1. The predicted molar refractivity (Wildman–Crippen MR) is 72.6 cm³/mol. The third-order valence-electron chi connectivity index (χ3n) is 2.83. The molecule has 0 fully saturated rings. The quantitative estimate of drug-likeness (QED) is 0.791. The van der Waals surface area contributed by atoms with E-state index < -0.39 is 12.8 Å². The minimum Gasteiger partial charge on any atom is -0.484 e. The summed E-state index contributed by atoms with van der Waals surface area (Å²) in [5.41, 5.74) is 1.98. The molecule has 0 atom stereocenters. The van der Waals surface area contributed by atoms with Gasteiger partial charge < -0.3 is 4.74 Å². The Balaban J connectivity index is 2.08. The van der Waals surface area contributed by atoms with Crippen LogP contribution in [0.25, 0.3) is 0 Å². The van der Waals surface area contributed by atoms with Gasteiger partial charge in [0.15, 0.2) is 12.4 Å². The van der Waals surface area contributed by atoms with Crippen LogP contribution < -0.4 is 4.74 Å². The Morgan fingerprint density at radius 1 is 0.952 bits per heavy atom. The van der Waals surface area contributed by atoms with Crippen molar-refractivity contribution in [3.05, 3.63) is 65.2 Å². The molecule has 0 aromatic heterocycles. The molecular formula is C16H13F3O2. The molecule has 0 spiro atoms. The fourth-order valence-corrected chi connectivity index (χ4v) is 1.74. The molecule has 0 aliphatic heterocycles. The Labute approximate surface area is 120 Å². The first-order chi connectivity index (χ1) is 9.85. The van der Waals surface area contributed by atoms with E-state index in [-0.39, 0.29) is 11.5 Å². The van der Waals surface area contributed by atoms with Gasteiger partial charge >= 0.3 is 6.18 Å². The van der Waals surface area contributed by atoms with E-state index in [2.05, 4.69) is 4.74 Å². The van der Waals surface area contributed by atoms with E-state index in [4.69, 9.17) is 0 Å². The van der Waals surface area contributed by atoms with Gasteiger partial charge in [-0.2, -0.15) is 13.2 Å². The maximum Gasteiger partial charge on any atom is 0.422 e. The molecule has 110 valence electrons. The molecule has 0 aliphatic carbocycles. The molecule has 21 heavy (non-hydrogen) atoms. The molecule has 0 heterocycles. The van der Waals surface area contributed by atoms with Crippen molar-refractivity contribution in [2.75, 3.05) is 6.61 Å². The summed E-state index contributed by atoms with van der Waals surface area (Å²) in [5, 5.41) is 0. The van der Waals surface area contributed by atoms with E-state index in [0.29, 0.717) is 11.1 Å². The number of ketones is 1. The summed E-state index contributed by atoms with van der Waals surface area (Å²) in [6.07, 6.45) is -4.38. The largest absolute Gasteiger partial charge is 0.484 e. The molecule has 0 radical (unpaired) electrons. The number of halogens is 3. The lowest BCUT2D eigenvalue weighted by Gasteiger charge is -2.09. The summed E-state index contributed by atoms with van der Waals surface area (Å²) < 4.78 is 40.7. The maximum atomic E-state index is 12.2. The number of aryl methyl sites for hydroxylation is 1. The van der Waals surface area contributed by atoms with Crippen LogP contribution in [0.5, 0.6) is 5.75 Å². The maximum absolute atomic E-state index is 12.2. The number of ether oxygens (including phenoxy) is 1. The zero-order valence-corrected chi connectivity index (χ0v) is 11.3. The van der Waals surface area contributed by atoms with Gasteiger partial charge in [0.25, 0.3) is 0 Å². The zero-order chi connectivity index (χ0) is 15.5. The van der Waals surface area contributed by atoms with Crippen molar-refractivity contribution in [1.29, 1.82) is 0 Å². The highest BCUT2D eigenvalue weighted by molar-refractivity contribution is 6.09. The molecule has 0 bridgehead atoms. The second-order valence-corrected chi connectivity index (χ2v) is 4.62. The molecule has 5 heteroatoms. The van der Waals surface area contributed by atoms with Gasteiger partial charge in [-0.05, 0) is 31.2 Å². The number of benzene rings is 2. The summed E-state index contributed by atoms with van der Waals surface area (Å²) in [7, 11) is 0. The first kappa shape index (κ1) is 15.1. The number of alkyl halides is 3. The molecule has 2 rings (SSSR count). The van der Waals surface area contributed by atoms with Crippen molar-refractivity contribution < 1.29 is 22.7 Å². The lowest BCUT2D eigenvalue weighted by atomic mass is 10.0. The highest BCUT2D eigenvalue weighted by Gasteiger charge is 2.28. The molecular weight excluding hydrogens is 281 g/mol. The van der Waals surface area contributed by atoms with Gasteiger partial charge in [-0.1, -0.05) is 29.8 Å². The monoisotopic (exact) mass is 294 g/mol. The van der Waals surface area contributed by atoms with Crippen molar-refractivity contribution in [1.82, 2.24) is 0 Å². The van der Waals surface area contributed by atoms with E-state index >= 15 is 0 Å². The Bertz CT molecular complexity index is 613. The van der Waals surface area contributed by atoms with Crippen molar-refractivity contribution in [2.24, 2.45) is 0 Å². The topological polar surface area (TPSA) is 26.3 Å². The zero-order valence-electron chi connectivity index (χ0n) is 11.3. The fourth-order valence-electron chi connectivity index (χ4n) is 1.74. The fraction of sp³-hybridized carbons (Fsp3) is 0.188. The number of hydrogen-bond acceptors (Lipinski definition) is 2. The van der Waals surface area contributed by atoms with Gasteiger partial charge in [0.1, 0.15) is 5.75 Å². The van der Waals surface area contributed by atoms with Crippen LogP contribution in [0.4, 0.5) is 13.2 Å². The van der Waals surface area contributed by atoms with Crippen molar-refractivity contribution >= 4 is 5.78 Å². The normalized spacial score (nSPS) is 11.2. The number of rotatable bonds is 4. The summed E-state index contributed by atoms with van der Waals surface area (Å²) >= 11 is 0. The summed E-state index contributed by atoms with van der Waals surface area (Å²) in [4.78, 5) is 12.2. The minimum atomic E-state index is -4.38. The Morgan fingerprint density at radius 2 is 1.43 bits per heavy atom. The van der Waals surface area contributed by atoms with Crippen LogP contribution in [-0.4, -0.2) is 18.6 Å². The van der Waals surface area contributed by atoms with Crippen LogP contribution in [-0.2, 0) is 0 Å². The van der Waals surface area contributed by atoms with E-state index in [1.54, 1.807) is 12.1 Å². The van der Waals surface area contributed by atoms with Crippen molar-refractivity contribution in [2.45, 2.75) is 13.1 Å². The summed E-state index contributed by atoms with van der Waals surface area (Å²) in [6.45, 7) is 0.569. The second kappa shape index (κ2) is 5.99. The van der Waals surface area contributed by atoms with Gasteiger partial charge in [-0.3, -0.25) is 4.79 Å². The van der Waals surface area contributed by atoms with Gasteiger partial charge in [0, 0.05) is 11.1 Å². The summed E-state index contributed by atoms with van der Waals surface area (Å²) in [6, 6.07) is 12.7. The number of hydrogen-bond donors (Lipinski definition) is 0. The Hall–Kier alpha value is -2.30. The van der Waals surface area contributed by atoms with Crippen LogP contribution >= 0.6 is 0 Å². The third-order valence-corrected chi connectivity index (χ3v) is 2.83. The van der Waals surface area contributed by atoms with Crippen molar-refractivity contribution in [3.8, 4) is 5.75 Å². The highest BCUT2D eigenvalue weighted by atomic mass is 19.4. The van der Waals surface area contributed by atoms with E-state index in [1.165, 1.54) is 24.3 Å². The van der Waals surface area contributed by atoms with Gasteiger partial charge in [-0.25, -0.2) is 0 Å². The molecule has 0 amide bonds. The molecule has 2 aromatic carbocycles. The van der Waals surface area contributed by atoms with Crippen LogP contribution in [0.15, 0.2) is 48.5 Å². The second-order valence-electron chi connectivity index (χ2n) is 4.62. The standard InChI is InChI=1S/C16H13F3O2/c1-11-2-4-12(5-3-11)15(20)13-6-8-14(9-7-13)21-10-16(17,18)19/h2-9H,10H2,1H3.